The number of nitrogens with two attached hydrogens (primary N) is 1. The van der Waals surface area contributed by atoms with Crippen LogP contribution in [0.3, 0.4) is 0 Å². The fourth-order valence-corrected chi connectivity index (χ4v) is 1.86. The Morgan fingerprint density at radius 1 is 1.24 bits per heavy atom. The zero-order valence-corrected chi connectivity index (χ0v) is 11.6. The second-order valence-electron chi connectivity index (χ2n) is 4.09. The molecule has 1 rings (SSSR count). The van der Waals surface area contributed by atoms with Gasteiger partial charge < -0.3 is 20.8 Å². The summed E-state index contributed by atoms with van der Waals surface area (Å²) in [5.41, 5.74) is 0.332. The van der Waals surface area contributed by atoms with Crippen molar-refractivity contribution in [2.24, 2.45) is 5.14 Å². The Morgan fingerprint density at radius 2 is 1.81 bits per heavy atom. The number of amides is 2. The summed E-state index contributed by atoms with van der Waals surface area (Å²) in [5, 5.41) is 27.1. The van der Waals surface area contributed by atoms with Gasteiger partial charge in [-0.15, -0.1) is 0 Å². The number of rotatable bonds is 6. The van der Waals surface area contributed by atoms with Gasteiger partial charge in [0.25, 0.3) is 0 Å². The molecule has 0 radical (unpaired) electrons. The number of aliphatic hydroxyl groups excluding tert-OH is 1. The van der Waals surface area contributed by atoms with Crippen molar-refractivity contribution in [3.05, 3.63) is 24.3 Å². The van der Waals surface area contributed by atoms with Gasteiger partial charge in [-0.1, -0.05) is 0 Å². The highest BCUT2D eigenvalue weighted by Gasteiger charge is 2.13. The minimum Gasteiger partial charge on any atom is -0.479 e. The van der Waals surface area contributed by atoms with Crippen LogP contribution in [0.2, 0.25) is 0 Å². The fourth-order valence-electron chi connectivity index (χ4n) is 1.35. The molecular weight excluding hydrogens is 302 g/mol. The molecule has 0 saturated heterocycles. The average molecular weight is 317 g/mol. The zero-order chi connectivity index (χ0) is 16.0. The molecule has 0 bridgehead atoms. The predicted octanol–water partition coefficient (Wildman–Crippen LogP) is -0.709. The lowest BCUT2D eigenvalue weighted by Crippen LogP contribution is -2.33. The van der Waals surface area contributed by atoms with E-state index in [2.05, 4.69) is 10.6 Å². The molecule has 0 aromatic heterocycles. The van der Waals surface area contributed by atoms with Crippen molar-refractivity contribution in [3.63, 3.8) is 0 Å². The Hall–Kier alpha value is -2.17. The number of carbonyl (C=O) groups is 2. The van der Waals surface area contributed by atoms with E-state index in [9.17, 15) is 18.0 Å². The highest BCUT2D eigenvalue weighted by atomic mass is 32.2. The molecule has 0 spiro atoms. The van der Waals surface area contributed by atoms with E-state index in [1.807, 2.05) is 0 Å². The predicted molar refractivity (Wildman–Crippen MR) is 73.1 cm³/mol. The summed E-state index contributed by atoms with van der Waals surface area (Å²) in [6.45, 7) is -0.0332. The number of anilines is 1. The normalized spacial score (nSPS) is 12.5. The number of carboxylic acids is 1. The Morgan fingerprint density at radius 3 is 2.29 bits per heavy atom. The Balaban J connectivity index is 2.47. The maximum Gasteiger partial charge on any atom is 0.332 e. The molecule has 2 amide bonds. The van der Waals surface area contributed by atoms with Crippen LogP contribution in [0.1, 0.15) is 6.42 Å². The number of sulfonamides is 1. The SMILES string of the molecule is NS(=O)(=O)c1ccc(NC(=O)NCC[C@H](O)C(=O)O)cc1. The number of aliphatic carboxylic acids is 1. The smallest absolute Gasteiger partial charge is 0.332 e. The lowest BCUT2D eigenvalue weighted by Gasteiger charge is -2.09. The molecule has 0 aliphatic carbocycles. The molecule has 0 fully saturated rings. The Kier molecular flexibility index (Phi) is 5.64. The third-order valence-corrected chi connectivity index (χ3v) is 3.36. The standard InChI is InChI=1S/C11H15N3O6S/c12-21(19,20)8-3-1-7(2-4-8)14-11(18)13-6-5-9(15)10(16)17/h1-4,9,15H,5-6H2,(H,16,17)(H2,12,19,20)(H2,13,14,18)/t9-/m0/s1. The first-order chi connectivity index (χ1) is 9.70. The lowest BCUT2D eigenvalue weighted by atomic mass is 10.2. The average Bonchev–Trinajstić information content (AvgIpc) is 2.38. The van der Waals surface area contributed by atoms with E-state index in [1.165, 1.54) is 24.3 Å². The van der Waals surface area contributed by atoms with Gasteiger partial charge >= 0.3 is 12.0 Å². The first-order valence-corrected chi connectivity index (χ1v) is 7.33. The molecule has 9 nitrogen and oxygen atoms in total. The molecule has 1 aromatic rings. The number of carboxylic acid groups (broad SMARTS) is 1. The molecule has 0 aliphatic rings. The van der Waals surface area contributed by atoms with Crippen molar-refractivity contribution in [3.8, 4) is 0 Å². The van der Waals surface area contributed by atoms with Crippen molar-refractivity contribution in [1.29, 1.82) is 0 Å². The number of benzene rings is 1. The van der Waals surface area contributed by atoms with Gasteiger partial charge in [-0.25, -0.2) is 23.1 Å². The van der Waals surface area contributed by atoms with Gasteiger partial charge in [-0.3, -0.25) is 0 Å². The van der Waals surface area contributed by atoms with Crippen molar-refractivity contribution >= 4 is 27.7 Å². The van der Waals surface area contributed by atoms with E-state index >= 15 is 0 Å². The van der Waals surface area contributed by atoms with E-state index in [0.717, 1.165) is 0 Å². The third kappa shape index (κ3) is 5.77. The van der Waals surface area contributed by atoms with Crippen LogP contribution in [0.15, 0.2) is 29.2 Å². The van der Waals surface area contributed by atoms with Crippen LogP contribution in [0.25, 0.3) is 0 Å². The summed E-state index contributed by atoms with van der Waals surface area (Å²) < 4.78 is 22.1. The van der Waals surface area contributed by atoms with Crippen LogP contribution in [-0.4, -0.2) is 43.3 Å². The quantitative estimate of drug-likeness (QED) is 0.466. The van der Waals surface area contributed by atoms with Gasteiger partial charge in [0.1, 0.15) is 0 Å². The van der Waals surface area contributed by atoms with Crippen LogP contribution in [0.4, 0.5) is 10.5 Å². The van der Waals surface area contributed by atoms with Gasteiger partial charge in [0.15, 0.2) is 6.10 Å². The molecule has 116 valence electrons. The number of hydrogen-bond acceptors (Lipinski definition) is 5. The minimum absolute atomic E-state index is 0.0332. The number of urea groups is 1. The topological polar surface area (TPSA) is 159 Å². The molecule has 0 heterocycles. The van der Waals surface area contributed by atoms with Crippen molar-refractivity contribution in [1.82, 2.24) is 5.32 Å². The van der Waals surface area contributed by atoms with Gasteiger partial charge in [0.2, 0.25) is 10.0 Å². The Labute approximate surface area is 120 Å². The summed E-state index contributed by atoms with van der Waals surface area (Å²) in [4.78, 5) is 21.7. The minimum atomic E-state index is -3.79. The van der Waals surface area contributed by atoms with Gasteiger partial charge in [-0.05, 0) is 24.3 Å². The molecule has 0 saturated carbocycles. The summed E-state index contributed by atoms with van der Waals surface area (Å²) in [5.74, 6) is -1.37. The molecule has 1 aromatic carbocycles. The van der Waals surface area contributed by atoms with Gasteiger partial charge in [0, 0.05) is 18.7 Å². The lowest BCUT2D eigenvalue weighted by molar-refractivity contribution is -0.146. The van der Waals surface area contributed by atoms with Crippen LogP contribution < -0.4 is 15.8 Å². The highest BCUT2D eigenvalue weighted by Crippen LogP contribution is 2.12. The zero-order valence-electron chi connectivity index (χ0n) is 10.8. The largest absolute Gasteiger partial charge is 0.479 e. The van der Waals surface area contributed by atoms with Crippen molar-refractivity contribution < 1.29 is 28.2 Å². The monoisotopic (exact) mass is 317 g/mol. The fraction of sp³-hybridized carbons (Fsp3) is 0.273. The molecule has 0 unspecified atom stereocenters. The maximum atomic E-state index is 11.5. The van der Waals surface area contributed by atoms with Crippen molar-refractivity contribution in [2.45, 2.75) is 17.4 Å². The second-order valence-corrected chi connectivity index (χ2v) is 5.65. The maximum absolute atomic E-state index is 11.5. The molecule has 10 heteroatoms. The summed E-state index contributed by atoms with van der Waals surface area (Å²) in [6, 6.07) is 4.56. The van der Waals surface area contributed by atoms with Crippen LogP contribution in [0.5, 0.6) is 0 Å². The molecule has 0 aliphatic heterocycles. The summed E-state index contributed by atoms with van der Waals surface area (Å²) in [7, 11) is -3.79. The molecule has 21 heavy (non-hydrogen) atoms. The van der Waals surface area contributed by atoms with E-state index in [1.54, 1.807) is 0 Å². The van der Waals surface area contributed by atoms with E-state index in [-0.39, 0.29) is 17.9 Å². The molecule has 1 atom stereocenters. The number of carbonyl (C=O) groups excluding carboxylic acids is 1. The van der Waals surface area contributed by atoms with E-state index < -0.39 is 28.1 Å². The summed E-state index contributed by atoms with van der Waals surface area (Å²) >= 11 is 0. The van der Waals surface area contributed by atoms with E-state index in [4.69, 9.17) is 15.4 Å². The van der Waals surface area contributed by atoms with Crippen LogP contribution in [-0.2, 0) is 14.8 Å². The number of hydrogen-bond donors (Lipinski definition) is 5. The third-order valence-electron chi connectivity index (χ3n) is 2.43. The number of primary sulfonamides is 1. The van der Waals surface area contributed by atoms with Crippen LogP contribution >= 0.6 is 0 Å². The molecular formula is C11H15N3O6S. The van der Waals surface area contributed by atoms with Gasteiger partial charge in [0.05, 0.1) is 4.90 Å². The van der Waals surface area contributed by atoms with Crippen molar-refractivity contribution in [2.75, 3.05) is 11.9 Å². The van der Waals surface area contributed by atoms with Gasteiger partial charge in [-0.2, -0.15) is 0 Å². The molecule has 6 N–H and O–H groups in total. The van der Waals surface area contributed by atoms with E-state index in [0.29, 0.717) is 5.69 Å². The first kappa shape index (κ1) is 16.9. The van der Waals surface area contributed by atoms with Crippen LogP contribution in [0, 0.1) is 0 Å². The Bertz CT molecular complexity index is 613. The highest BCUT2D eigenvalue weighted by molar-refractivity contribution is 7.89. The summed E-state index contributed by atoms with van der Waals surface area (Å²) in [6.07, 6.45) is -1.67. The number of nitrogens with one attached hydrogen (secondary N) is 2. The second kappa shape index (κ2) is 7.02. The first-order valence-electron chi connectivity index (χ1n) is 5.79. The number of aliphatic hydroxyl groups is 1.